The maximum atomic E-state index is 11.2. The van der Waals surface area contributed by atoms with Gasteiger partial charge in [-0.2, -0.15) is 0 Å². The molecule has 1 rings (SSSR count). The SMILES string of the molecule is COC(=O)c1cc(I)cnc1OC. The van der Waals surface area contributed by atoms with Crippen LogP contribution in [0.4, 0.5) is 0 Å². The Morgan fingerprint density at radius 1 is 1.54 bits per heavy atom. The zero-order chi connectivity index (χ0) is 9.84. The van der Waals surface area contributed by atoms with Crippen LogP contribution in [0.1, 0.15) is 10.4 Å². The number of aromatic nitrogens is 1. The van der Waals surface area contributed by atoms with E-state index < -0.39 is 5.97 Å². The molecule has 0 spiro atoms. The first-order valence-corrected chi connectivity index (χ1v) is 4.54. The predicted octanol–water partition coefficient (Wildman–Crippen LogP) is 1.48. The van der Waals surface area contributed by atoms with Gasteiger partial charge in [-0.3, -0.25) is 0 Å². The van der Waals surface area contributed by atoms with Gasteiger partial charge in [0.25, 0.3) is 0 Å². The third-order valence-electron chi connectivity index (χ3n) is 1.42. The van der Waals surface area contributed by atoms with Crippen LogP contribution >= 0.6 is 22.6 Å². The maximum absolute atomic E-state index is 11.2. The van der Waals surface area contributed by atoms with Gasteiger partial charge in [0.15, 0.2) is 0 Å². The highest BCUT2D eigenvalue weighted by molar-refractivity contribution is 14.1. The Bertz CT molecular complexity index is 327. The number of hydrogen-bond donors (Lipinski definition) is 0. The molecule has 0 N–H and O–H groups in total. The number of carbonyl (C=O) groups excluding carboxylic acids is 1. The minimum atomic E-state index is -0.442. The monoisotopic (exact) mass is 293 g/mol. The molecule has 13 heavy (non-hydrogen) atoms. The van der Waals surface area contributed by atoms with Crippen molar-refractivity contribution in [1.29, 1.82) is 0 Å². The van der Waals surface area contributed by atoms with Crippen LogP contribution < -0.4 is 4.74 Å². The van der Waals surface area contributed by atoms with Crippen molar-refractivity contribution < 1.29 is 14.3 Å². The lowest BCUT2D eigenvalue weighted by Gasteiger charge is -2.04. The molecule has 0 saturated carbocycles. The normalized spacial score (nSPS) is 9.46. The van der Waals surface area contributed by atoms with Crippen LogP contribution in [0.25, 0.3) is 0 Å². The fraction of sp³-hybridized carbons (Fsp3) is 0.250. The lowest BCUT2D eigenvalue weighted by Crippen LogP contribution is -2.05. The fourth-order valence-electron chi connectivity index (χ4n) is 0.846. The second kappa shape index (κ2) is 4.40. The Morgan fingerprint density at radius 3 is 2.77 bits per heavy atom. The van der Waals surface area contributed by atoms with Gasteiger partial charge in [0.2, 0.25) is 5.88 Å². The van der Waals surface area contributed by atoms with Crippen LogP contribution in [0.2, 0.25) is 0 Å². The topological polar surface area (TPSA) is 48.4 Å². The number of carbonyl (C=O) groups is 1. The number of esters is 1. The summed E-state index contributed by atoms with van der Waals surface area (Å²) in [5.74, 6) is -0.157. The van der Waals surface area contributed by atoms with E-state index in [1.54, 1.807) is 12.3 Å². The van der Waals surface area contributed by atoms with E-state index in [0.717, 1.165) is 3.57 Å². The number of pyridine rings is 1. The summed E-state index contributed by atoms with van der Waals surface area (Å²) in [4.78, 5) is 15.1. The Hall–Kier alpha value is -0.850. The molecule has 0 aromatic carbocycles. The molecule has 0 atom stereocenters. The van der Waals surface area contributed by atoms with E-state index in [0.29, 0.717) is 5.56 Å². The summed E-state index contributed by atoms with van der Waals surface area (Å²) >= 11 is 2.06. The molecular formula is C8H8INO3. The van der Waals surface area contributed by atoms with E-state index in [1.165, 1.54) is 14.2 Å². The summed E-state index contributed by atoms with van der Waals surface area (Å²) in [6, 6.07) is 1.66. The first-order valence-electron chi connectivity index (χ1n) is 3.47. The number of halogens is 1. The first-order chi connectivity index (χ1) is 6.19. The van der Waals surface area contributed by atoms with Crippen molar-refractivity contribution in [3.63, 3.8) is 0 Å². The maximum Gasteiger partial charge on any atom is 0.343 e. The van der Waals surface area contributed by atoms with E-state index >= 15 is 0 Å². The van der Waals surface area contributed by atoms with Gasteiger partial charge in [-0.25, -0.2) is 9.78 Å². The number of rotatable bonds is 2. The molecule has 0 bridgehead atoms. The lowest BCUT2D eigenvalue weighted by atomic mass is 10.3. The molecule has 0 aliphatic carbocycles. The first kappa shape index (κ1) is 10.2. The summed E-state index contributed by atoms with van der Waals surface area (Å²) in [7, 11) is 2.78. The standard InChI is InChI=1S/C8H8INO3/c1-12-7-6(8(11)13-2)3-5(9)4-10-7/h3-4H,1-2H3. The lowest BCUT2D eigenvalue weighted by molar-refractivity contribution is 0.0596. The van der Waals surface area contributed by atoms with Crippen LogP contribution in [0, 0.1) is 3.57 Å². The number of methoxy groups -OCH3 is 2. The van der Waals surface area contributed by atoms with Crippen molar-refractivity contribution in [3.05, 3.63) is 21.4 Å². The van der Waals surface area contributed by atoms with Gasteiger partial charge < -0.3 is 9.47 Å². The molecule has 0 fully saturated rings. The van der Waals surface area contributed by atoms with E-state index in [-0.39, 0.29) is 5.88 Å². The second-order valence-corrected chi connectivity index (χ2v) is 3.45. The fourth-order valence-corrected chi connectivity index (χ4v) is 1.30. The minimum Gasteiger partial charge on any atom is -0.480 e. The molecule has 1 heterocycles. The molecule has 1 aromatic rings. The van der Waals surface area contributed by atoms with Gasteiger partial charge >= 0.3 is 5.97 Å². The van der Waals surface area contributed by atoms with Crippen LogP contribution in [0.5, 0.6) is 5.88 Å². The summed E-state index contributed by atoms with van der Waals surface area (Å²) in [6.45, 7) is 0. The third kappa shape index (κ3) is 2.30. The van der Waals surface area contributed by atoms with Crippen molar-refractivity contribution in [1.82, 2.24) is 4.98 Å². The molecule has 4 nitrogen and oxygen atoms in total. The Kier molecular flexibility index (Phi) is 3.47. The van der Waals surface area contributed by atoms with E-state index in [4.69, 9.17) is 4.74 Å². The van der Waals surface area contributed by atoms with Crippen molar-refractivity contribution in [2.75, 3.05) is 14.2 Å². The highest BCUT2D eigenvalue weighted by Crippen LogP contribution is 2.17. The quantitative estimate of drug-likeness (QED) is 0.612. The van der Waals surface area contributed by atoms with Crippen LogP contribution in [-0.2, 0) is 4.74 Å². The van der Waals surface area contributed by atoms with Crippen molar-refractivity contribution in [2.45, 2.75) is 0 Å². The van der Waals surface area contributed by atoms with Gasteiger partial charge in [-0.05, 0) is 28.7 Å². The highest BCUT2D eigenvalue weighted by atomic mass is 127. The largest absolute Gasteiger partial charge is 0.480 e. The molecule has 0 saturated heterocycles. The minimum absolute atomic E-state index is 0.285. The molecule has 0 unspecified atom stereocenters. The number of nitrogens with zero attached hydrogens (tertiary/aromatic N) is 1. The summed E-state index contributed by atoms with van der Waals surface area (Å²) in [5.41, 5.74) is 0.344. The summed E-state index contributed by atoms with van der Waals surface area (Å²) < 4.78 is 10.3. The van der Waals surface area contributed by atoms with Gasteiger partial charge in [0, 0.05) is 9.77 Å². The summed E-state index contributed by atoms with van der Waals surface area (Å²) in [6.07, 6.45) is 1.62. The zero-order valence-electron chi connectivity index (χ0n) is 7.20. The molecule has 70 valence electrons. The van der Waals surface area contributed by atoms with Crippen molar-refractivity contribution >= 4 is 28.6 Å². The highest BCUT2D eigenvalue weighted by Gasteiger charge is 2.13. The molecule has 0 radical (unpaired) electrons. The van der Waals surface area contributed by atoms with Gasteiger partial charge in [0.1, 0.15) is 5.56 Å². The van der Waals surface area contributed by atoms with E-state index in [2.05, 4.69) is 32.3 Å². The molecule has 1 aromatic heterocycles. The Balaban J connectivity index is 3.15. The van der Waals surface area contributed by atoms with Crippen LogP contribution in [0.3, 0.4) is 0 Å². The Morgan fingerprint density at radius 2 is 2.23 bits per heavy atom. The van der Waals surface area contributed by atoms with Gasteiger partial charge in [-0.1, -0.05) is 0 Å². The van der Waals surface area contributed by atoms with Crippen LogP contribution in [-0.4, -0.2) is 25.2 Å². The third-order valence-corrected chi connectivity index (χ3v) is 2.01. The van der Waals surface area contributed by atoms with Crippen molar-refractivity contribution in [3.8, 4) is 5.88 Å². The van der Waals surface area contributed by atoms with Crippen molar-refractivity contribution in [2.24, 2.45) is 0 Å². The predicted molar refractivity (Wildman–Crippen MR) is 54.8 cm³/mol. The van der Waals surface area contributed by atoms with Gasteiger partial charge in [0.05, 0.1) is 14.2 Å². The second-order valence-electron chi connectivity index (χ2n) is 2.20. The molecule has 5 heteroatoms. The molecule has 0 aliphatic heterocycles. The zero-order valence-corrected chi connectivity index (χ0v) is 9.36. The number of ether oxygens (including phenoxy) is 2. The molecule has 0 amide bonds. The smallest absolute Gasteiger partial charge is 0.343 e. The average Bonchev–Trinajstić information content (AvgIpc) is 2.16. The van der Waals surface area contributed by atoms with Crippen LogP contribution in [0.15, 0.2) is 12.3 Å². The van der Waals surface area contributed by atoms with E-state index in [9.17, 15) is 4.79 Å². The Labute approximate surface area is 89.4 Å². The summed E-state index contributed by atoms with van der Waals surface area (Å²) in [5, 5.41) is 0. The molecular weight excluding hydrogens is 285 g/mol. The average molecular weight is 293 g/mol. The van der Waals surface area contributed by atoms with Gasteiger partial charge in [-0.15, -0.1) is 0 Å². The molecule has 0 aliphatic rings. The van der Waals surface area contributed by atoms with E-state index in [1.807, 2.05) is 0 Å². The number of hydrogen-bond acceptors (Lipinski definition) is 4.